The molecule has 4 nitrogen and oxygen atoms in total. The van der Waals surface area contributed by atoms with Gasteiger partial charge in [-0.05, 0) is 25.1 Å². The Morgan fingerprint density at radius 3 is 2.53 bits per heavy atom. The molecule has 0 unspecified atom stereocenters. The number of benzene rings is 1. The monoisotopic (exact) mass is 297 g/mol. The fraction of sp³-hybridized carbons (Fsp3) is 0.154. The Morgan fingerprint density at radius 1 is 1.21 bits per heavy atom. The van der Waals surface area contributed by atoms with Gasteiger partial charge < -0.3 is 0 Å². The van der Waals surface area contributed by atoms with Gasteiger partial charge in [-0.25, -0.2) is 4.98 Å². The van der Waals surface area contributed by atoms with Crippen LogP contribution in [0.2, 0.25) is 5.15 Å². The lowest BCUT2D eigenvalue weighted by Gasteiger charge is -2.06. The van der Waals surface area contributed by atoms with Gasteiger partial charge in [-0.3, -0.25) is 4.18 Å². The van der Waals surface area contributed by atoms with Gasteiger partial charge in [0.1, 0.15) is 5.15 Å². The summed E-state index contributed by atoms with van der Waals surface area (Å²) < 4.78 is 28.9. The molecular weight excluding hydrogens is 286 g/mol. The van der Waals surface area contributed by atoms with Crippen molar-refractivity contribution in [1.82, 2.24) is 4.98 Å². The number of aryl methyl sites for hydroxylation is 1. The third kappa shape index (κ3) is 3.53. The molecule has 1 aromatic heterocycles. The van der Waals surface area contributed by atoms with E-state index in [1.54, 1.807) is 24.3 Å². The highest BCUT2D eigenvalue weighted by molar-refractivity contribution is 7.86. The number of hydrogen-bond acceptors (Lipinski definition) is 4. The van der Waals surface area contributed by atoms with E-state index in [1.807, 2.05) is 6.92 Å². The minimum absolute atomic E-state index is 0.123. The number of pyridine rings is 1. The van der Waals surface area contributed by atoms with E-state index in [0.29, 0.717) is 5.56 Å². The van der Waals surface area contributed by atoms with E-state index < -0.39 is 10.1 Å². The highest BCUT2D eigenvalue weighted by atomic mass is 35.5. The molecule has 0 spiro atoms. The third-order valence-corrected chi connectivity index (χ3v) is 4.13. The molecule has 2 rings (SSSR count). The summed E-state index contributed by atoms with van der Waals surface area (Å²) in [7, 11) is -3.78. The highest BCUT2D eigenvalue weighted by Gasteiger charge is 2.15. The Morgan fingerprint density at radius 2 is 1.89 bits per heavy atom. The van der Waals surface area contributed by atoms with Crippen molar-refractivity contribution in [2.24, 2.45) is 0 Å². The molecule has 0 radical (unpaired) electrons. The number of halogens is 1. The molecule has 0 fully saturated rings. The Kier molecular flexibility index (Phi) is 4.19. The summed E-state index contributed by atoms with van der Waals surface area (Å²) in [5.41, 5.74) is 1.51. The predicted molar refractivity (Wildman–Crippen MR) is 72.4 cm³/mol. The molecule has 0 aliphatic rings. The second-order valence-corrected chi connectivity index (χ2v) is 5.96. The van der Waals surface area contributed by atoms with Gasteiger partial charge in [0, 0.05) is 11.8 Å². The molecule has 0 bridgehead atoms. The lowest BCUT2D eigenvalue weighted by molar-refractivity contribution is 0.307. The molecule has 1 aromatic carbocycles. The lowest BCUT2D eigenvalue weighted by atomic mass is 10.2. The van der Waals surface area contributed by atoms with Crippen LogP contribution < -0.4 is 0 Å². The molecule has 6 heteroatoms. The van der Waals surface area contributed by atoms with Gasteiger partial charge in [0.2, 0.25) is 0 Å². The molecule has 1 heterocycles. The van der Waals surface area contributed by atoms with Crippen LogP contribution in [0.15, 0.2) is 47.5 Å². The number of hydrogen-bond donors (Lipinski definition) is 0. The summed E-state index contributed by atoms with van der Waals surface area (Å²) in [6, 6.07) is 9.79. The standard InChI is InChI=1S/C13H12ClNO3S/c1-10-4-6-12(7-5-10)19(16,17)18-9-11-3-2-8-15-13(11)14/h2-8H,9H2,1H3. The molecule has 2 aromatic rings. The molecule has 0 amide bonds. The van der Waals surface area contributed by atoms with Crippen molar-refractivity contribution in [3.8, 4) is 0 Å². The second kappa shape index (κ2) is 5.69. The summed E-state index contributed by atoms with van der Waals surface area (Å²) in [6.07, 6.45) is 1.53. The van der Waals surface area contributed by atoms with Crippen molar-refractivity contribution < 1.29 is 12.6 Å². The largest absolute Gasteiger partial charge is 0.297 e. The summed E-state index contributed by atoms with van der Waals surface area (Å²) >= 11 is 5.83. The Bertz CT molecular complexity index is 669. The van der Waals surface area contributed by atoms with E-state index in [-0.39, 0.29) is 16.7 Å². The maximum absolute atomic E-state index is 11.9. The molecule has 100 valence electrons. The molecule has 0 aliphatic heterocycles. The van der Waals surface area contributed by atoms with Crippen molar-refractivity contribution in [2.75, 3.05) is 0 Å². The summed E-state index contributed by atoms with van der Waals surface area (Å²) in [5.74, 6) is 0. The van der Waals surface area contributed by atoms with Crippen LogP contribution in [0.25, 0.3) is 0 Å². The van der Waals surface area contributed by atoms with Gasteiger partial charge in [-0.1, -0.05) is 35.4 Å². The Hall–Kier alpha value is -1.43. The van der Waals surface area contributed by atoms with E-state index in [4.69, 9.17) is 15.8 Å². The van der Waals surface area contributed by atoms with E-state index in [1.165, 1.54) is 18.3 Å². The van der Waals surface area contributed by atoms with Crippen molar-refractivity contribution in [2.45, 2.75) is 18.4 Å². The van der Waals surface area contributed by atoms with Crippen molar-refractivity contribution in [3.63, 3.8) is 0 Å². The smallest absolute Gasteiger partial charge is 0.261 e. The maximum atomic E-state index is 11.9. The first-order valence-electron chi connectivity index (χ1n) is 5.54. The van der Waals surface area contributed by atoms with Crippen molar-refractivity contribution in [3.05, 3.63) is 58.9 Å². The fourth-order valence-corrected chi connectivity index (χ4v) is 2.50. The highest BCUT2D eigenvalue weighted by Crippen LogP contribution is 2.18. The topological polar surface area (TPSA) is 56.3 Å². The summed E-state index contributed by atoms with van der Waals surface area (Å²) in [4.78, 5) is 3.98. The van der Waals surface area contributed by atoms with Crippen LogP contribution in [-0.2, 0) is 20.9 Å². The zero-order chi connectivity index (χ0) is 13.9. The molecular formula is C13H12ClNO3S. The average Bonchev–Trinajstić information content (AvgIpc) is 2.38. The molecule has 0 saturated carbocycles. The Balaban J connectivity index is 2.14. The average molecular weight is 298 g/mol. The van der Waals surface area contributed by atoms with Gasteiger partial charge in [0.15, 0.2) is 0 Å². The SMILES string of the molecule is Cc1ccc(S(=O)(=O)OCc2cccnc2Cl)cc1. The van der Waals surface area contributed by atoms with Gasteiger partial charge in [-0.2, -0.15) is 8.42 Å². The van der Waals surface area contributed by atoms with Crippen LogP contribution in [-0.4, -0.2) is 13.4 Å². The first kappa shape index (κ1) is 14.0. The third-order valence-electron chi connectivity index (χ3n) is 2.52. The zero-order valence-corrected chi connectivity index (χ0v) is 11.8. The van der Waals surface area contributed by atoms with Gasteiger partial charge >= 0.3 is 0 Å². The van der Waals surface area contributed by atoms with Gasteiger partial charge in [0.25, 0.3) is 10.1 Å². The van der Waals surface area contributed by atoms with E-state index in [9.17, 15) is 8.42 Å². The zero-order valence-electron chi connectivity index (χ0n) is 10.2. The number of nitrogens with zero attached hydrogens (tertiary/aromatic N) is 1. The second-order valence-electron chi connectivity index (χ2n) is 3.98. The van der Waals surface area contributed by atoms with Crippen LogP contribution in [0.5, 0.6) is 0 Å². The van der Waals surface area contributed by atoms with Crippen molar-refractivity contribution >= 4 is 21.7 Å². The quantitative estimate of drug-likeness (QED) is 0.643. The lowest BCUT2D eigenvalue weighted by Crippen LogP contribution is -2.07. The van der Waals surface area contributed by atoms with E-state index >= 15 is 0 Å². The maximum Gasteiger partial charge on any atom is 0.297 e. The van der Waals surface area contributed by atoms with E-state index in [2.05, 4.69) is 4.98 Å². The molecule has 19 heavy (non-hydrogen) atoms. The van der Waals surface area contributed by atoms with Gasteiger partial charge in [0.05, 0.1) is 11.5 Å². The van der Waals surface area contributed by atoms with Crippen LogP contribution in [0.4, 0.5) is 0 Å². The minimum atomic E-state index is -3.78. The number of rotatable bonds is 4. The first-order valence-corrected chi connectivity index (χ1v) is 7.33. The van der Waals surface area contributed by atoms with Crippen LogP contribution in [0, 0.1) is 6.92 Å². The predicted octanol–water partition coefficient (Wildman–Crippen LogP) is 2.95. The van der Waals surface area contributed by atoms with Crippen LogP contribution >= 0.6 is 11.6 Å². The van der Waals surface area contributed by atoms with Crippen LogP contribution in [0.1, 0.15) is 11.1 Å². The van der Waals surface area contributed by atoms with E-state index in [0.717, 1.165) is 5.56 Å². The normalized spacial score (nSPS) is 11.5. The summed E-state index contributed by atoms with van der Waals surface area (Å²) in [5, 5.41) is 0.238. The summed E-state index contributed by atoms with van der Waals surface area (Å²) in [6.45, 7) is 1.75. The first-order chi connectivity index (χ1) is 8.99. The molecule has 0 N–H and O–H groups in total. The van der Waals surface area contributed by atoms with Crippen LogP contribution in [0.3, 0.4) is 0 Å². The van der Waals surface area contributed by atoms with Crippen molar-refractivity contribution in [1.29, 1.82) is 0 Å². The van der Waals surface area contributed by atoms with Gasteiger partial charge in [-0.15, -0.1) is 0 Å². The molecule has 0 atom stereocenters. The number of aromatic nitrogens is 1. The Labute approximate surface area is 117 Å². The fourth-order valence-electron chi connectivity index (χ4n) is 1.44. The molecule has 0 aliphatic carbocycles. The minimum Gasteiger partial charge on any atom is -0.261 e. The molecule has 0 saturated heterocycles.